The monoisotopic (exact) mass is 278 g/mol. The minimum absolute atomic E-state index is 0.0666. The lowest BCUT2D eigenvalue weighted by atomic mass is 9.94. The van der Waals surface area contributed by atoms with E-state index >= 15 is 0 Å². The Morgan fingerprint density at radius 1 is 1.35 bits per heavy atom. The van der Waals surface area contributed by atoms with Gasteiger partial charge >= 0.3 is 5.97 Å². The Balaban J connectivity index is 2.58. The lowest BCUT2D eigenvalue weighted by Crippen LogP contribution is -2.30. The number of nitrogens with zero attached hydrogens (tertiary/aromatic N) is 1. The number of nitrogens with two attached hydrogens (primary N) is 1. The number of rotatable bonds is 4. The predicted molar refractivity (Wildman–Crippen MR) is 78.0 cm³/mol. The maximum absolute atomic E-state index is 12.4. The highest BCUT2D eigenvalue weighted by molar-refractivity contribution is 5.73. The molecule has 1 aromatic rings. The zero-order chi connectivity index (χ0) is 14.7. The third-order valence-electron chi connectivity index (χ3n) is 3.74. The van der Waals surface area contributed by atoms with Gasteiger partial charge in [0.05, 0.1) is 0 Å². The summed E-state index contributed by atoms with van der Waals surface area (Å²) in [6.45, 7) is 4.10. The van der Waals surface area contributed by atoms with Gasteiger partial charge in [-0.25, -0.2) is 0 Å². The van der Waals surface area contributed by atoms with Crippen LogP contribution in [0.25, 0.3) is 0 Å². The summed E-state index contributed by atoms with van der Waals surface area (Å²) in [4.78, 5) is 23.6. The number of hydrogen-bond acceptors (Lipinski definition) is 4. The summed E-state index contributed by atoms with van der Waals surface area (Å²) in [6, 6.07) is 0. The summed E-state index contributed by atoms with van der Waals surface area (Å²) in [5.41, 5.74) is 7.70. The molecule has 1 aliphatic carbocycles. The number of ether oxygens (including phenoxy) is 1. The molecular formula is C15H22N2O3. The van der Waals surface area contributed by atoms with Crippen molar-refractivity contribution in [2.75, 3.05) is 5.73 Å². The first kappa shape index (κ1) is 14.6. The fourth-order valence-corrected chi connectivity index (χ4v) is 2.77. The molecular weight excluding hydrogens is 256 g/mol. The van der Waals surface area contributed by atoms with Crippen molar-refractivity contribution in [3.05, 3.63) is 21.6 Å². The third-order valence-corrected chi connectivity index (χ3v) is 3.74. The lowest BCUT2D eigenvalue weighted by molar-refractivity contribution is -0.131. The van der Waals surface area contributed by atoms with Crippen LogP contribution in [0.15, 0.2) is 4.79 Å². The molecule has 0 unspecified atom stereocenters. The molecule has 0 saturated heterocycles. The number of fused-ring (bicyclic) bond motifs is 1. The van der Waals surface area contributed by atoms with E-state index in [1.807, 2.05) is 0 Å². The number of unbranched alkanes of at least 4 members (excludes halogenated alkanes) is 1. The van der Waals surface area contributed by atoms with E-state index in [4.69, 9.17) is 10.5 Å². The van der Waals surface area contributed by atoms with Crippen LogP contribution >= 0.6 is 0 Å². The van der Waals surface area contributed by atoms with Gasteiger partial charge in [-0.1, -0.05) is 13.3 Å². The molecule has 1 heterocycles. The molecule has 0 aromatic carbocycles. The van der Waals surface area contributed by atoms with Crippen molar-refractivity contribution in [1.29, 1.82) is 0 Å². The van der Waals surface area contributed by atoms with Crippen molar-refractivity contribution in [2.24, 2.45) is 0 Å². The number of anilines is 1. The number of carbonyl (C=O) groups is 1. The van der Waals surface area contributed by atoms with Crippen molar-refractivity contribution >= 4 is 11.7 Å². The fraction of sp³-hybridized carbons (Fsp3) is 0.600. The number of aromatic nitrogens is 1. The van der Waals surface area contributed by atoms with E-state index in [9.17, 15) is 9.59 Å². The molecule has 0 spiro atoms. The molecule has 0 fully saturated rings. The Bertz CT molecular complexity index is 575. The molecule has 2 rings (SSSR count). The largest absolute Gasteiger partial charge is 0.424 e. The molecule has 1 aromatic heterocycles. The molecule has 0 saturated carbocycles. The molecule has 110 valence electrons. The third kappa shape index (κ3) is 2.71. The van der Waals surface area contributed by atoms with Crippen molar-refractivity contribution in [3.63, 3.8) is 0 Å². The summed E-state index contributed by atoms with van der Waals surface area (Å²) in [7, 11) is 0. The summed E-state index contributed by atoms with van der Waals surface area (Å²) in [6.07, 6.45) is 5.72. The van der Waals surface area contributed by atoms with Gasteiger partial charge in [0, 0.05) is 24.7 Å². The Kier molecular flexibility index (Phi) is 4.47. The average molecular weight is 278 g/mol. The molecule has 5 heteroatoms. The second-order valence-electron chi connectivity index (χ2n) is 5.28. The highest BCUT2D eigenvalue weighted by Crippen LogP contribution is 2.32. The van der Waals surface area contributed by atoms with Gasteiger partial charge in [0.2, 0.25) is 0 Å². The van der Waals surface area contributed by atoms with Crippen LogP contribution in [-0.4, -0.2) is 10.5 Å². The van der Waals surface area contributed by atoms with Crippen LogP contribution in [-0.2, 0) is 24.2 Å². The van der Waals surface area contributed by atoms with Crippen LogP contribution in [0, 0.1) is 0 Å². The van der Waals surface area contributed by atoms with Gasteiger partial charge in [-0.2, -0.15) is 0 Å². The number of nitrogen functional groups attached to an aromatic ring is 1. The van der Waals surface area contributed by atoms with E-state index in [0.717, 1.165) is 49.8 Å². The molecule has 1 aliphatic rings. The van der Waals surface area contributed by atoms with Crippen molar-refractivity contribution in [1.82, 2.24) is 4.57 Å². The van der Waals surface area contributed by atoms with Crippen LogP contribution < -0.4 is 16.0 Å². The molecule has 0 aliphatic heterocycles. The first-order valence-electron chi connectivity index (χ1n) is 7.28. The number of esters is 1. The summed E-state index contributed by atoms with van der Waals surface area (Å²) in [5, 5.41) is 0. The number of hydrogen-bond donors (Lipinski definition) is 1. The molecule has 0 bridgehead atoms. The Hall–Kier alpha value is -1.78. The maximum atomic E-state index is 12.4. The van der Waals surface area contributed by atoms with Gasteiger partial charge in [-0.3, -0.25) is 9.59 Å². The molecule has 20 heavy (non-hydrogen) atoms. The van der Waals surface area contributed by atoms with Crippen LogP contribution in [0.5, 0.6) is 5.75 Å². The summed E-state index contributed by atoms with van der Waals surface area (Å²) in [5.74, 6) is -0.139. The van der Waals surface area contributed by atoms with E-state index in [1.54, 1.807) is 4.57 Å². The van der Waals surface area contributed by atoms with Gasteiger partial charge < -0.3 is 15.0 Å². The molecule has 0 amide bonds. The highest BCUT2D eigenvalue weighted by atomic mass is 16.5. The second kappa shape index (κ2) is 6.11. The predicted octanol–water partition coefficient (Wildman–Crippen LogP) is 2.03. The lowest BCUT2D eigenvalue weighted by Gasteiger charge is -2.24. The van der Waals surface area contributed by atoms with E-state index in [-0.39, 0.29) is 11.2 Å². The smallest absolute Gasteiger partial charge is 0.308 e. The maximum Gasteiger partial charge on any atom is 0.308 e. The molecule has 2 N–H and O–H groups in total. The number of pyridine rings is 1. The van der Waals surface area contributed by atoms with Crippen LogP contribution in [0.2, 0.25) is 0 Å². The van der Waals surface area contributed by atoms with E-state index in [2.05, 4.69) is 6.92 Å². The Morgan fingerprint density at radius 2 is 2.05 bits per heavy atom. The van der Waals surface area contributed by atoms with Crippen molar-refractivity contribution in [3.8, 4) is 5.75 Å². The van der Waals surface area contributed by atoms with Gasteiger partial charge in [0.25, 0.3) is 5.56 Å². The molecule has 0 atom stereocenters. The first-order chi connectivity index (χ1) is 9.56. The normalized spacial score (nSPS) is 13.9. The van der Waals surface area contributed by atoms with E-state index in [0.29, 0.717) is 12.3 Å². The van der Waals surface area contributed by atoms with Crippen LogP contribution in [0.3, 0.4) is 0 Å². The Labute approximate surface area is 118 Å². The van der Waals surface area contributed by atoms with Gasteiger partial charge in [-0.05, 0) is 32.1 Å². The van der Waals surface area contributed by atoms with Gasteiger partial charge in [-0.15, -0.1) is 0 Å². The standard InChI is InChI=1S/C15H22N2O3/c1-3-4-9-17-12-8-6-5-7-11(12)14(20-10(2)18)13(16)15(17)19/h3-9,16H2,1-2H3. The average Bonchev–Trinajstić information content (AvgIpc) is 2.43. The Morgan fingerprint density at radius 3 is 2.70 bits per heavy atom. The van der Waals surface area contributed by atoms with Crippen LogP contribution in [0.4, 0.5) is 5.69 Å². The quantitative estimate of drug-likeness (QED) is 0.855. The van der Waals surface area contributed by atoms with Gasteiger partial charge in [0.1, 0.15) is 5.69 Å². The first-order valence-corrected chi connectivity index (χ1v) is 7.28. The summed E-state index contributed by atoms with van der Waals surface area (Å²) >= 11 is 0. The minimum atomic E-state index is -0.435. The molecule has 5 nitrogen and oxygen atoms in total. The van der Waals surface area contributed by atoms with E-state index < -0.39 is 5.97 Å². The highest BCUT2D eigenvalue weighted by Gasteiger charge is 2.24. The van der Waals surface area contributed by atoms with Crippen molar-refractivity contribution in [2.45, 2.75) is 58.9 Å². The fourth-order valence-electron chi connectivity index (χ4n) is 2.77. The second-order valence-corrected chi connectivity index (χ2v) is 5.28. The van der Waals surface area contributed by atoms with E-state index in [1.165, 1.54) is 6.92 Å². The van der Waals surface area contributed by atoms with Crippen molar-refractivity contribution < 1.29 is 9.53 Å². The number of carbonyl (C=O) groups excluding carboxylic acids is 1. The zero-order valence-electron chi connectivity index (χ0n) is 12.2. The minimum Gasteiger partial charge on any atom is -0.424 e. The zero-order valence-corrected chi connectivity index (χ0v) is 12.2. The van der Waals surface area contributed by atoms with Crippen LogP contribution in [0.1, 0.15) is 50.8 Å². The topological polar surface area (TPSA) is 74.3 Å². The van der Waals surface area contributed by atoms with Gasteiger partial charge in [0.15, 0.2) is 5.75 Å². The SMILES string of the molecule is CCCCn1c2c(c(OC(C)=O)c(N)c1=O)CCCC2. The molecule has 0 radical (unpaired) electrons. The summed E-state index contributed by atoms with van der Waals surface area (Å²) < 4.78 is 6.98.